The molecule has 3 rings (SSSR count). The number of ether oxygens (including phenoxy) is 1. The van der Waals surface area contributed by atoms with E-state index in [1.54, 1.807) is 6.20 Å². The molecule has 0 aromatic carbocycles. The van der Waals surface area contributed by atoms with E-state index in [4.69, 9.17) is 10.5 Å². The molecule has 20 heavy (non-hydrogen) atoms. The smallest absolute Gasteiger partial charge is 0.263 e. The lowest BCUT2D eigenvalue weighted by Crippen LogP contribution is -2.40. The van der Waals surface area contributed by atoms with E-state index in [1.165, 1.54) is 11.3 Å². The van der Waals surface area contributed by atoms with Gasteiger partial charge in [0.25, 0.3) is 5.91 Å². The number of carbonyl (C=O) groups excluding carboxylic acids is 1. The molecule has 2 aromatic rings. The van der Waals surface area contributed by atoms with Crippen LogP contribution in [0.3, 0.4) is 0 Å². The van der Waals surface area contributed by atoms with Gasteiger partial charge in [0.15, 0.2) is 0 Å². The normalized spacial score (nSPS) is 19.1. The Kier molecular flexibility index (Phi) is 3.58. The van der Waals surface area contributed by atoms with Crippen molar-refractivity contribution in [1.82, 2.24) is 10.3 Å². The van der Waals surface area contributed by atoms with E-state index in [-0.39, 0.29) is 11.9 Å². The topological polar surface area (TPSA) is 77.2 Å². The number of nitrogens with two attached hydrogens (primary N) is 1. The minimum absolute atomic E-state index is 0.0786. The van der Waals surface area contributed by atoms with Gasteiger partial charge < -0.3 is 15.8 Å². The van der Waals surface area contributed by atoms with Crippen LogP contribution < -0.4 is 11.1 Å². The average Bonchev–Trinajstić information content (AvgIpc) is 2.79. The zero-order valence-corrected chi connectivity index (χ0v) is 12.1. The highest BCUT2D eigenvalue weighted by Crippen LogP contribution is 2.34. The van der Waals surface area contributed by atoms with Gasteiger partial charge in [0.1, 0.15) is 9.71 Å². The van der Waals surface area contributed by atoms with E-state index in [0.717, 1.165) is 35.2 Å². The molecule has 1 saturated heterocycles. The first-order valence-corrected chi connectivity index (χ1v) is 7.50. The molecule has 0 saturated carbocycles. The molecule has 1 unspecified atom stereocenters. The first-order valence-electron chi connectivity index (χ1n) is 6.69. The molecule has 1 atom stereocenters. The summed E-state index contributed by atoms with van der Waals surface area (Å²) in [5.41, 5.74) is 7.70. The van der Waals surface area contributed by atoms with Crippen molar-refractivity contribution in [2.75, 3.05) is 18.9 Å². The SMILES string of the molecule is Cc1ccnc2sc(C(=O)NC3CCCOC3)c(N)c12. The molecule has 1 amide bonds. The standard InChI is InChI=1S/C14H17N3O2S/c1-8-4-5-16-14-10(8)11(15)12(20-14)13(18)17-9-3-2-6-19-7-9/h4-5,9H,2-3,6-7,15H2,1H3,(H,17,18). The Morgan fingerprint density at radius 2 is 2.45 bits per heavy atom. The van der Waals surface area contributed by atoms with Crippen LogP contribution >= 0.6 is 11.3 Å². The largest absolute Gasteiger partial charge is 0.397 e. The van der Waals surface area contributed by atoms with Crippen molar-refractivity contribution in [1.29, 1.82) is 0 Å². The molecule has 3 heterocycles. The molecule has 1 aliphatic rings. The van der Waals surface area contributed by atoms with Gasteiger partial charge >= 0.3 is 0 Å². The number of nitrogens with one attached hydrogen (secondary N) is 1. The second-order valence-corrected chi connectivity index (χ2v) is 6.04. The first kappa shape index (κ1) is 13.3. The Morgan fingerprint density at radius 1 is 1.60 bits per heavy atom. The number of carbonyl (C=O) groups is 1. The van der Waals surface area contributed by atoms with Gasteiger partial charge in [0.2, 0.25) is 0 Å². The highest BCUT2D eigenvalue weighted by atomic mass is 32.1. The molecule has 2 aromatic heterocycles. The zero-order chi connectivity index (χ0) is 14.1. The van der Waals surface area contributed by atoms with E-state index in [2.05, 4.69) is 10.3 Å². The quantitative estimate of drug-likeness (QED) is 0.888. The summed E-state index contributed by atoms with van der Waals surface area (Å²) in [6.45, 7) is 3.33. The van der Waals surface area contributed by atoms with Crippen molar-refractivity contribution >= 4 is 33.1 Å². The van der Waals surface area contributed by atoms with Crippen LogP contribution in [0.25, 0.3) is 10.2 Å². The predicted octanol–water partition coefficient (Wildman–Crippen LogP) is 2.10. The molecular formula is C14H17N3O2S. The average molecular weight is 291 g/mol. The second kappa shape index (κ2) is 5.38. The van der Waals surface area contributed by atoms with Crippen LogP contribution in [0.1, 0.15) is 28.1 Å². The van der Waals surface area contributed by atoms with Crippen LogP contribution in [0.2, 0.25) is 0 Å². The zero-order valence-electron chi connectivity index (χ0n) is 11.3. The van der Waals surface area contributed by atoms with Gasteiger partial charge in [-0.3, -0.25) is 4.79 Å². The molecule has 5 nitrogen and oxygen atoms in total. The van der Waals surface area contributed by atoms with Crippen LogP contribution in [0, 0.1) is 6.92 Å². The van der Waals surface area contributed by atoms with Crippen molar-refractivity contribution in [2.45, 2.75) is 25.8 Å². The Bertz CT molecular complexity index is 647. The molecule has 3 N–H and O–H groups in total. The van der Waals surface area contributed by atoms with Crippen molar-refractivity contribution < 1.29 is 9.53 Å². The number of thiophene rings is 1. The molecule has 1 aliphatic heterocycles. The number of aryl methyl sites for hydroxylation is 1. The summed E-state index contributed by atoms with van der Waals surface area (Å²) in [6, 6.07) is 1.98. The number of hydrogen-bond donors (Lipinski definition) is 2. The maximum absolute atomic E-state index is 12.4. The van der Waals surface area contributed by atoms with E-state index < -0.39 is 0 Å². The number of amides is 1. The Hall–Kier alpha value is -1.66. The summed E-state index contributed by atoms with van der Waals surface area (Å²) < 4.78 is 5.37. The van der Waals surface area contributed by atoms with Crippen molar-refractivity contribution in [3.05, 3.63) is 22.7 Å². The van der Waals surface area contributed by atoms with Crippen LogP contribution in [0.4, 0.5) is 5.69 Å². The molecule has 106 valence electrons. The fraction of sp³-hybridized carbons (Fsp3) is 0.429. The maximum Gasteiger partial charge on any atom is 0.263 e. The second-order valence-electron chi connectivity index (χ2n) is 5.04. The summed E-state index contributed by atoms with van der Waals surface area (Å²) in [5.74, 6) is -0.125. The van der Waals surface area contributed by atoms with Crippen LogP contribution in [0.15, 0.2) is 12.3 Å². The van der Waals surface area contributed by atoms with E-state index in [0.29, 0.717) is 17.2 Å². The minimum Gasteiger partial charge on any atom is -0.397 e. The number of hydrogen-bond acceptors (Lipinski definition) is 5. The van der Waals surface area contributed by atoms with Crippen molar-refractivity contribution in [3.8, 4) is 0 Å². The summed E-state index contributed by atoms with van der Waals surface area (Å²) in [5, 5.41) is 3.89. The third kappa shape index (κ3) is 2.36. The van der Waals surface area contributed by atoms with E-state index >= 15 is 0 Å². The number of nitrogen functional groups attached to an aromatic ring is 1. The lowest BCUT2D eigenvalue weighted by Gasteiger charge is -2.22. The molecule has 6 heteroatoms. The lowest BCUT2D eigenvalue weighted by molar-refractivity contribution is 0.0626. The highest BCUT2D eigenvalue weighted by molar-refractivity contribution is 7.21. The van der Waals surface area contributed by atoms with Gasteiger partial charge in [0.05, 0.1) is 18.3 Å². The van der Waals surface area contributed by atoms with Gasteiger partial charge in [-0.2, -0.15) is 0 Å². The Labute approximate surface area is 121 Å². The summed E-state index contributed by atoms with van der Waals surface area (Å²) in [4.78, 5) is 18.0. The molecule has 0 bridgehead atoms. The number of nitrogens with zero attached hydrogens (tertiary/aromatic N) is 1. The van der Waals surface area contributed by atoms with E-state index in [1.807, 2.05) is 13.0 Å². The fourth-order valence-corrected chi connectivity index (χ4v) is 3.52. The molecule has 0 radical (unpaired) electrons. The van der Waals surface area contributed by atoms with Gasteiger partial charge in [-0.25, -0.2) is 4.98 Å². The molecule has 0 aliphatic carbocycles. The van der Waals surface area contributed by atoms with Gasteiger partial charge in [0, 0.05) is 18.2 Å². The van der Waals surface area contributed by atoms with Crippen molar-refractivity contribution in [3.63, 3.8) is 0 Å². The first-order chi connectivity index (χ1) is 9.66. The van der Waals surface area contributed by atoms with Crippen molar-refractivity contribution in [2.24, 2.45) is 0 Å². The Morgan fingerprint density at radius 3 is 3.15 bits per heavy atom. The van der Waals surface area contributed by atoms with Gasteiger partial charge in [-0.15, -0.1) is 11.3 Å². The monoisotopic (exact) mass is 291 g/mol. The number of anilines is 1. The van der Waals surface area contributed by atoms with Crippen LogP contribution in [-0.2, 0) is 4.74 Å². The number of rotatable bonds is 2. The maximum atomic E-state index is 12.4. The van der Waals surface area contributed by atoms with E-state index in [9.17, 15) is 4.79 Å². The van der Waals surface area contributed by atoms with Crippen LogP contribution in [0.5, 0.6) is 0 Å². The van der Waals surface area contributed by atoms with Gasteiger partial charge in [-0.1, -0.05) is 0 Å². The third-order valence-electron chi connectivity index (χ3n) is 3.54. The van der Waals surface area contributed by atoms with Crippen LogP contribution in [-0.4, -0.2) is 30.1 Å². The highest BCUT2D eigenvalue weighted by Gasteiger charge is 2.22. The summed E-state index contributed by atoms with van der Waals surface area (Å²) in [6.07, 6.45) is 3.67. The minimum atomic E-state index is -0.125. The number of aromatic nitrogens is 1. The molecule has 0 spiro atoms. The fourth-order valence-electron chi connectivity index (χ4n) is 2.48. The number of fused-ring (bicyclic) bond motifs is 1. The Balaban J connectivity index is 1.87. The lowest BCUT2D eigenvalue weighted by atomic mass is 10.1. The summed E-state index contributed by atoms with van der Waals surface area (Å²) >= 11 is 1.35. The predicted molar refractivity (Wildman–Crippen MR) is 80.1 cm³/mol. The molecule has 1 fully saturated rings. The number of pyridine rings is 1. The summed E-state index contributed by atoms with van der Waals surface area (Å²) in [7, 11) is 0. The molecular weight excluding hydrogens is 274 g/mol. The third-order valence-corrected chi connectivity index (χ3v) is 4.65. The van der Waals surface area contributed by atoms with Gasteiger partial charge in [-0.05, 0) is 31.4 Å².